The third kappa shape index (κ3) is 6.20. The second-order valence-electron chi connectivity index (χ2n) is 5.43. The highest BCUT2D eigenvalue weighted by atomic mass is 16.4. The topological polar surface area (TPSA) is 40.5 Å². The molecule has 1 aromatic rings. The summed E-state index contributed by atoms with van der Waals surface area (Å²) in [5.41, 5.74) is 1.36. The van der Waals surface area contributed by atoms with Gasteiger partial charge < -0.3 is 10.0 Å². The standard InChI is InChI=1S/C17H27NO2/c1-3-4-5-6-9-13-18(2)14-12-15-10-7-8-11-16(15)17(19)20/h7-8,10-11H,3-6,9,12-14H2,1-2H3,(H,19,20). The van der Waals surface area contributed by atoms with Crippen molar-refractivity contribution in [1.29, 1.82) is 0 Å². The number of hydrogen-bond donors (Lipinski definition) is 1. The minimum atomic E-state index is -0.831. The summed E-state index contributed by atoms with van der Waals surface area (Å²) in [6.07, 6.45) is 7.26. The fourth-order valence-corrected chi connectivity index (χ4v) is 2.36. The van der Waals surface area contributed by atoms with Crippen molar-refractivity contribution in [1.82, 2.24) is 4.90 Å². The SMILES string of the molecule is CCCCCCCN(C)CCc1ccccc1C(=O)O. The molecule has 0 amide bonds. The molecule has 112 valence electrons. The molecule has 0 aromatic heterocycles. The average molecular weight is 277 g/mol. The van der Waals surface area contributed by atoms with E-state index in [9.17, 15) is 4.79 Å². The Morgan fingerprint density at radius 3 is 2.50 bits per heavy atom. The maximum absolute atomic E-state index is 11.1. The van der Waals surface area contributed by atoms with Crippen LogP contribution in [0.25, 0.3) is 0 Å². The fraction of sp³-hybridized carbons (Fsp3) is 0.588. The minimum absolute atomic E-state index is 0.434. The highest BCUT2D eigenvalue weighted by molar-refractivity contribution is 5.89. The number of aromatic carboxylic acids is 1. The lowest BCUT2D eigenvalue weighted by molar-refractivity contribution is 0.0695. The maximum Gasteiger partial charge on any atom is 0.335 e. The molecule has 1 rings (SSSR count). The van der Waals surface area contributed by atoms with E-state index in [1.807, 2.05) is 12.1 Å². The van der Waals surface area contributed by atoms with Crippen LogP contribution in [-0.4, -0.2) is 36.1 Å². The zero-order valence-corrected chi connectivity index (χ0v) is 12.8. The molecule has 0 aliphatic rings. The fourth-order valence-electron chi connectivity index (χ4n) is 2.36. The van der Waals surface area contributed by atoms with Crippen molar-refractivity contribution in [3.05, 3.63) is 35.4 Å². The van der Waals surface area contributed by atoms with E-state index in [1.165, 1.54) is 32.1 Å². The molecule has 0 bridgehead atoms. The van der Waals surface area contributed by atoms with Crippen LogP contribution < -0.4 is 0 Å². The molecule has 0 aliphatic heterocycles. The highest BCUT2D eigenvalue weighted by Crippen LogP contribution is 2.10. The Labute approximate surface area is 122 Å². The van der Waals surface area contributed by atoms with E-state index in [-0.39, 0.29) is 0 Å². The first-order chi connectivity index (χ1) is 9.65. The molecule has 0 spiro atoms. The van der Waals surface area contributed by atoms with Crippen LogP contribution in [-0.2, 0) is 6.42 Å². The van der Waals surface area contributed by atoms with E-state index in [2.05, 4.69) is 18.9 Å². The summed E-state index contributed by atoms with van der Waals surface area (Å²) in [6.45, 7) is 4.24. The molecule has 0 saturated heterocycles. The van der Waals surface area contributed by atoms with E-state index in [0.29, 0.717) is 5.56 Å². The highest BCUT2D eigenvalue weighted by Gasteiger charge is 2.09. The quantitative estimate of drug-likeness (QED) is 0.661. The molecule has 0 aliphatic carbocycles. The summed E-state index contributed by atoms with van der Waals surface area (Å²) >= 11 is 0. The normalized spacial score (nSPS) is 10.9. The van der Waals surface area contributed by atoms with Gasteiger partial charge in [0.2, 0.25) is 0 Å². The van der Waals surface area contributed by atoms with Gasteiger partial charge in [0.15, 0.2) is 0 Å². The molecule has 3 nitrogen and oxygen atoms in total. The Balaban J connectivity index is 2.30. The molecule has 0 fully saturated rings. The van der Waals surface area contributed by atoms with Crippen molar-refractivity contribution in [3.8, 4) is 0 Å². The number of unbranched alkanes of at least 4 members (excludes halogenated alkanes) is 4. The molecule has 0 heterocycles. The lowest BCUT2D eigenvalue weighted by Crippen LogP contribution is -2.23. The van der Waals surface area contributed by atoms with Crippen molar-refractivity contribution in [2.24, 2.45) is 0 Å². The van der Waals surface area contributed by atoms with Gasteiger partial charge in [0.1, 0.15) is 0 Å². The number of benzene rings is 1. The molecule has 1 N–H and O–H groups in total. The van der Waals surface area contributed by atoms with E-state index in [1.54, 1.807) is 12.1 Å². The predicted molar refractivity (Wildman–Crippen MR) is 83.4 cm³/mol. The number of carboxylic acids is 1. The predicted octanol–water partition coefficient (Wildman–Crippen LogP) is 3.83. The van der Waals surface area contributed by atoms with Crippen LogP contribution in [0.2, 0.25) is 0 Å². The summed E-state index contributed by atoms with van der Waals surface area (Å²) in [7, 11) is 2.11. The van der Waals surface area contributed by atoms with Crippen LogP contribution in [0.5, 0.6) is 0 Å². The van der Waals surface area contributed by atoms with Crippen molar-refractivity contribution in [3.63, 3.8) is 0 Å². The van der Waals surface area contributed by atoms with E-state index < -0.39 is 5.97 Å². The van der Waals surface area contributed by atoms with Crippen LogP contribution in [0.1, 0.15) is 54.9 Å². The van der Waals surface area contributed by atoms with Gasteiger partial charge in [-0.1, -0.05) is 50.8 Å². The van der Waals surface area contributed by atoms with E-state index in [0.717, 1.165) is 25.1 Å². The van der Waals surface area contributed by atoms with Gasteiger partial charge in [-0.05, 0) is 38.1 Å². The monoisotopic (exact) mass is 277 g/mol. The third-order valence-electron chi connectivity index (χ3n) is 3.65. The lowest BCUT2D eigenvalue weighted by Gasteiger charge is -2.17. The van der Waals surface area contributed by atoms with Crippen molar-refractivity contribution < 1.29 is 9.90 Å². The van der Waals surface area contributed by atoms with Gasteiger partial charge in [0.25, 0.3) is 0 Å². The van der Waals surface area contributed by atoms with Gasteiger partial charge in [0.05, 0.1) is 5.56 Å². The molecule has 0 radical (unpaired) electrons. The van der Waals surface area contributed by atoms with E-state index >= 15 is 0 Å². The van der Waals surface area contributed by atoms with Crippen molar-refractivity contribution in [2.75, 3.05) is 20.1 Å². The van der Waals surface area contributed by atoms with E-state index in [4.69, 9.17) is 5.11 Å². The average Bonchev–Trinajstić information content (AvgIpc) is 2.45. The minimum Gasteiger partial charge on any atom is -0.478 e. The second-order valence-corrected chi connectivity index (χ2v) is 5.43. The van der Waals surface area contributed by atoms with Gasteiger partial charge in [0, 0.05) is 6.54 Å². The zero-order chi connectivity index (χ0) is 14.8. The molecule has 0 saturated carbocycles. The molecule has 0 atom stereocenters. The van der Waals surface area contributed by atoms with Gasteiger partial charge >= 0.3 is 5.97 Å². The van der Waals surface area contributed by atoms with Crippen LogP contribution in [0.3, 0.4) is 0 Å². The molecule has 1 aromatic carbocycles. The Morgan fingerprint density at radius 1 is 1.10 bits per heavy atom. The Bertz CT molecular complexity index is 404. The first-order valence-electron chi connectivity index (χ1n) is 7.65. The first-order valence-corrected chi connectivity index (χ1v) is 7.65. The maximum atomic E-state index is 11.1. The largest absolute Gasteiger partial charge is 0.478 e. The Hall–Kier alpha value is -1.35. The van der Waals surface area contributed by atoms with Crippen molar-refractivity contribution in [2.45, 2.75) is 45.4 Å². The first kappa shape index (κ1) is 16.7. The smallest absolute Gasteiger partial charge is 0.335 e. The number of carboxylic acid groups (broad SMARTS) is 1. The molecule has 3 heteroatoms. The van der Waals surface area contributed by atoms with Crippen LogP contribution in [0.4, 0.5) is 0 Å². The van der Waals surface area contributed by atoms with Gasteiger partial charge in [-0.3, -0.25) is 0 Å². The molecular weight excluding hydrogens is 250 g/mol. The van der Waals surface area contributed by atoms with Gasteiger partial charge in [-0.2, -0.15) is 0 Å². The number of rotatable bonds is 10. The number of nitrogens with zero attached hydrogens (tertiary/aromatic N) is 1. The van der Waals surface area contributed by atoms with Gasteiger partial charge in [-0.15, -0.1) is 0 Å². The Morgan fingerprint density at radius 2 is 1.80 bits per heavy atom. The Kier molecular flexibility index (Phi) is 7.97. The third-order valence-corrected chi connectivity index (χ3v) is 3.65. The summed E-state index contributed by atoms with van der Waals surface area (Å²) in [5, 5.41) is 9.14. The number of carbonyl (C=O) groups is 1. The summed E-state index contributed by atoms with van der Waals surface area (Å²) in [5.74, 6) is -0.831. The number of likely N-dealkylation sites (N-methyl/N-ethyl adjacent to an activating group) is 1. The lowest BCUT2D eigenvalue weighted by atomic mass is 10.0. The van der Waals surface area contributed by atoms with Crippen LogP contribution >= 0.6 is 0 Å². The second kappa shape index (κ2) is 9.54. The zero-order valence-electron chi connectivity index (χ0n) is 12.8. The molecular formula is C17H27NO2. The summed E-state index contributed by atoms with van der Waals surface area (Å²) in [6, 6.07) is 7.29. The number of hydrogen-bond acceptors (Lipinski definition) is 2. The summed E-state index contributed by atoms with van der Waals surface area (Å²) < 4.78 is 0. The van der Waals surface area contributed by atoms with Crippen LogP contribution in [0, 0.1) is 0 Å². The summed E-state index contributed by atoms with van der Waals surface area (Å²) in [4.78, 5) is 13.4. The molecule has 0 unspecified atom stereocenters. The van der Waals surface area contributed by atoms with Crippen LogP contribution in [0.15, 0.2) is 24.3 Å². The van der Waals surface area contributed by atoms with Gasteiger partial charge in [-0.25, -0.2) is 4.79 Å². The molecule has 20 heavy (non-hydrogen) atoms. The van der Waals surface area contributed by atoms with Crippen molar-refractivity contribution >= 4 is 5.97 Å².